The number of rotatable bonds is 8. The Morgan fingerprint density at radius 1 is 1.08 bits per heavy atom. The minimum Gasteiger partial charge on any atom is -0.338 e. The Hall–Kier alpha value is -2.34. The number of hydrogen-bond donors (Lipinski definition) is 2. The highest BCUT2D eigenvalue weighted by Gasteiger charge is 2.11. The van der Waals surface area contributed by atoms with Gasteiger partial charge < -0.3 is 15.2 Å². The normalized spacial score (nSPS) is 14.6. The van der Waals surface area contributed by atoms with E-state index in [-0.39, 0.29) is 6.03 Å². The van der Waals surface area contributed by atoms with Gasteiger partial charge >= 0.3 is 6.03 Å². The Balaban J connectivity index is 1.31. The van der Waals surface area contributed by atoms with E-state index in [1.807, 2.05) is 10.8 Å². The monoisotopic (exact) mass is 341 g/mol. The molecule has 2 amide bonds. The maximum absolute atomic E-state index is 11.8. The molecule has 0 atom stereocenters. The molecule has 1 fully saturated rings. The third-order valence-electron chi connectivity index (χ3n) is 4.52. The average Bonchev–Trinajstić information content (AvgIpc) is 3.32. The molecule has 6 heteroatoms. The second-order valence-corrected chi connectivity index (χ2v) is 6.56. The summed E-state index contributed by atoms with van der Waals surface area (Å²) in [4.78, 5) is 18.3. The topological polar surface area (TPSA) is 62.2 Å². The number of carbonyl (C=O) groups excluding carboxylic acids is 1. The molecule has 134 valence electrons. The first-order valence-corrected chi connectivity index (χ1v) is 9.07. The standard InChI is InChI=1S/C19H27N5O/c25-19(21-8-3-12-24-13-9-20-16-24)22-14-17-4-6-18(7-5-17)15-23-10-1-2-11-23/h4-7,9,13,16H,1-3,8,10-12,14-15H2,(H2,21,22,25). The fourth-order valence-electron chi connectivity index (χ4n) is 3.09. The minimum atomic E-state index is -0.119. The van der Waals surface area contributed by atoms with Crippen molar-refractivity contribution in [1.82, 2.24) is 25.1 Å². The number of urea groups is 1. The van der Waals surface area contributed by atoms with Gasteiger partial charge in [-0.3, -0.25) is 4.90 Å². The van der Waals surface area contributed by atoms with E-state index >= 15 is 0 Å². The van der Waals surface area contributed by atoms with Crippen molar-refractivity contribution in [3.63, 3.8) is 0 Å². The summed E-state index contributed by atoms with van der Waals surface area (Å²) in [6.45, 7) is 5.52. The van der Waals surface area contributed by atoms with Crippen LogP contribution in [0.25, 0.3) is 0 Å². The van der Waals surface area contributed by atoms with Gasteiger partial charge in [-0.15, -0.1) is 0 Å². The smallest absolute Gasteiger partial charge is 0.315 e. The number of nitrogens with one attached hydrogen (secondary N) is 2. The molecule has 2 heterocycles. The molecule has 2 N–H and O–H groups in total. The molecule has 0 spiro atoms. The van der Waals surface area contributed by atoms with Crippen molar-refractivity contribution in [3.8, 4) is 0 Å². The molecule has 25 heavy (non-hydrogen) atoms. The summed E-state index contributed by atoms with van der Waals surface area (Å²) in [5.41, 5.74) is 2.47. The molecule has 0 bridgehead atoms. The quantitative estimate of drug-likeness (QED) is 0.725. The van der Waals surface area contributed by atoms with Crippen LogP contribution in [0.1, 0.15) is 30.4 Å². The number of benzene rings is 1. The Kier molecular flexibility index (Phi) is 6.45. The molecule has 6 nitrogen and oxygen atoms in total. The number of hydrogen-bond acceptors (Lipinski definition) is 3. The summed E-state index contributed by atoms with van der Waals surface area (Å²) in [5, 5.41) is 5.79. The van der Waals surface area contributed by atoms with Gasteiger partial charge in [0.2, 0.25) is 0 Å². The van der Waals surface area contributed by atoms with E-state index < -0.39 is 0 Å². The van der Waals surface area contributed by atoms with Gasteiger partial charge in [0.05, 0.1) is 6.33 Å². The maximum Gasteiger partial charge on any atom is 0.315 e. The van der Waals surface area contributed by atoms with Gasteiger partial charge in [-0.05, 0) is 43.5 Å². The average molecular weight is 341 g/mol. The summed E-state index contributed by atoms with van der Waals surface area (Å²) in [7, 11) is 0. The third kappa shape index (κ3) is 5.90. The number of carbonyl (C=O) groups is 1. The van der Waals surface area contributed by atoms with E-state index in [2.05, 4.69) is 44.8 Å². The zero-order valence-corrected chi connectivity index (χ0v) is 14.7. The lowest BCUT2D eigenvalue weighted by Crippen LogP contribution is -2.35. The molecule has 1 aliphatic rings. The fraction of sp³-hybridized carbons (Fsp3) is 0.474. The number of likely N-dealkylation sites (tertiary alicyclic amines) is 1. The third-order valence-corrected chi connectivity index (χ3v) is 4.52. The van der Waals surface area contributed by atoms with Gasteiger partial charge in [-0.2, -0.15) is 0 Å². The predicted octanol–water partition coefficient (Wildman–Crippen LogP) is 2.37. The fourth-order valence-corrected chi connectivity index (χ4v) is 3.09. The van der Waals surface area contributed by atoms with Gasteiger partial charge in [-0.1, -0.05) is 24.3 Å². The van der Waals surface area contributed by atoms with E-state index in [1.54, 1.807) is 12.5 Å². The lowest BCUT2D eigenvalue weighted by Gasteiger charge is -2.14. The van der Waals surface area contributed by atoms with Crippen LogP contribution in [0.3, 0.4) is 0 Å². The first-order valence-electron chi connectivity index (χ1n) is 9.07. The molecule has 1 aromatic carbocycles. The van der Waals surface area contributed by atoms with E-state index in [9.17, 15) is 4.79 Å². The molecule has 1 saturated heterocycles. The molecule has 3 rings (SSSR count). The van der Waals surface area contributed by atoms with Gasteiger partial charge in [0.25, 0.3) is 0 Å². The molecular formula is C19H27N5O. The van der Waals surface area contributed by atoms with Gasteiger partial charge in [0.1, 0.15) is 0 Å². The summed E-state index contributed by atoms with van der Waals surface area (Å²) < 4.78 is 2.00. The van der Waals surface area contributed by atoms with Crippen molar-refractivity contribution < 1.29 is 4.79 Å². The van der Waals surface area contributed by atoms with Gasteiger partial charge in [0.15, 0.2) is 0 Å². The van der Waals surface area contributed by atoms with E-state index in [4.69, 9.17) is 0 Å². The van der Waals surface area contributed by atoms with Crippen LogP contribution in [-0.4, -0.2) is 40.1 Å². The molecule has 2 aromatic rings. The van der Waals surface area contributed by atoms with Crippen LogP contribution in [0.5, 0.6) is 0 Å². The van der Waals surface area contributed by atoms with Crippen LogP contribution in [0.15, 0.2) is 43.0 Å². The number of aryl methyl sites for hydroxylation is 1. The largest absolute Gasteiger partial charge is 0.338 e. The number of aromatic nitrogens is 2. The van der Waals surface area contributed by atoms with Crippen LogP contribution in [0.4, 0.5) is 4.79 Å². The Bertz CT molecular complexity index is 632. The molecule has 0 unspecified atom stereocenters. The zero-order chi connectivity index (χ0) is 17.3. The van der Waals surface area contributed by atoms with Crippen LogP contribution < -0.4 is 10.6 Å². The van der Waals surface area contributed by atoms with Crippen molar-refractivity contribution in [3.05, 3.63) is 54.1 Å². The number of nitrogens with zero attached hydrogens (tertiary/aromatic N) is 3. The number of amides is 2. The second kappa shape index (κ2) is 9.22. The van der Waals surface area contributed by atoms with Crippen molar-refractivity contribution in [2.75, 3.05) is 19.6 Å². The first-order chi connectivity index (χ1) is 12.3. The van der Waals surface area contributed by atoms with Crippen LogP contribution in [0.2, 0.25) is 0 Å². The summed E-state index contributed by atoms with van der Waals surface area (Å²) in [6, 6.07) is 8.42. The molecule has 0 aliphatic carbocycles. The van der Waals surface area contributed by atoms with E-state index in [0.717, 1.165) is 25.1 Å². The Morgan fingerprint density at radius 2 is 1.84 bits per heavy atom. The maximum atomic E-state index is 11.8. The highest BCUT2D eigenvalue weighted by Crippen LogP contribution is 2.13. The predicted molar refractivity (Wildman–Crippen MR) is 98.0 cm³/mol. The van der Waals surface area contributed by atoms with Crippen molar-refractivity contribution in [1.29, 1.82) is 0 Å². The molecule has 1 aliphatic heterocycles. The second-order valence-electron chi connectivity index (χ2n) is 6.56. The number of imidazole rings is 1. The lowest BCUT2D eigenvalue weighted by molar-refractivity contribution is 0.240. The van der Waals surface area contributed by atoms with Crippen molar-refractivity contribution >= 4 is 6.03 Å². The minimum absolute atomic E-state index is 0.119. The van der Waals surface area contributed by atoms with Gasteiger partial charge in [-0.25, -0.2) is 9.78 Å². The Morgan fingerprint density at radius 3 is 2.56 bits per heavy atom. The molecule has 1 aromatic heterocycles. The highest BCUT2D eigenvalue weighted by molar-refractivity contribution is 5.73. The van der Waals surface area contributed by atoms with E-state index in [0.29, 0.717) is 13.1 Å². The van der Waals surface area contributed by atoms with Crippen molar-refractivity contribution in [2.45, 2.75) is 38.9 Å². The first kappa shape index (κ1) is 17.5. The summed E-state index contributed by atoms with van der Waals surface area (Å²) in [6.07, 6.45) is 8.99. The summed E-state index contributed by atoms with van der Waals surface area (Å²) >= 11 is 0. The zero-order valence-electron chi connectivity index (χ0n) is 14.7. The lowest BCUT2D eigenvalue weighted by atomic mass is 10.1. The van der Waals surface area contributed by atoms with E-state index in [1.165, 1.54) is 31.5 Å². The van der Waals surface area contributed by atoms with Gasteiger partial charge in [0, 0.05) is 38.6 Å². The molecule has 0 radical (unpaired) electrons. The highest BCUT2D eigenvalue weighted by atomic mass is 16.2. The summed E-state index contributed by atoms with van der Waals surface area (Å²) in [5.74, 6) is 0. The SMILES string of the molecule is O=C(NCCCn1ccnc1)NCc1ccc(CN2CCCC2)cc1. The van der Waals surface area contributed by atoms with Crippen LogP contribution in [-0.2, 0) is 19.6 Å². The van der Waals surface area contributed by atoms with Crippen molar-refractivity contribution in [2.24, 2.45) is 0 Å². The molecular weight excluding hydrogens is 314 g/mol. The van der Waals surface area contributed by atoms with Crippen LogP contribution in [0, 0.1) is 0 Å². The Labute approximate surface area is 149 Å². The van der Waals surface area contributed by atoms with Crippen LogP contribution >= 0.6 is 0 Å². The molecule has 0 saturated carbocycles.